The van der Waals surface area contributed by atoms with Crippen LogP contribution in [0.1, 0.15) is 6.92 Å². The third kappa shape index (κ3) is 2.42. The van der Waals surface area contributed by atoms with Crippen LogP contribution in [-0.4, -0.2) is 16.4 Å². The molecule has 0 fully saturated rings. The van der Waals surface area contributed by atoms with Crippen LogP contribution in [0.3, 0.4) is 0 Å². The maximum Gasteiger partial charge on any atom is 0.168 e. The second-order valence-corrected chi connectivity index (χ2v) is 3.17. The first-order valence-electron chi connectivity index (χ1n) is 5.03. The first kappa shape index (κ1) is 10.3. The Kier molecular flexibility index (Phi) is 3.23. The summed E-state index contributed by atoms with van der Waals surface area (Å²) in [6.07, 6.45) is 1.66. The zero-order valence-corrected chi connectivity index (χ0v) is 8.96. The summed E-state index contributed by atoms with van der Waals surface area (Å²) in [7, 11) is 0. The van der Waals surface area contributed by atoms with E-state index in [1.165, 1.54) is 0 Å². The lowest BCUT2D eigenvalue weighted by Gasteiger charge is -2.01. The molecule has 4 heteroatoms. The van der Waals surface area contributed by atoms with E-state index < -0.39 is 0 Å². The summed E-state index contributed by atoms with van der Waals surface area (Å²) in [6, 6.07) is 13.7. The van der Waals surface area contributed by atoms with Gasteiger partial charge in [-0.05, 0) is 19.1 Å². The molecule has 0 spiro atoms. The Hall–Kier alpha value is -2.23. The van der Waals surface area contributed by atoms with Gasteiger partial charge in [0, 0.05) is 11.8 Å². The van der Waals surface area contributed by atoms with Crippen molar-refractivity contribution in [2.24, 2.45) is 5.10 Å². The Labute approximate surface area is 94.0 Å². The van der Waals surface area contributed by atoms with E-state index in [1.807, 2.05) is 49.4 Å². The molecule has 0 bridgehead atoms. The highest BCUT2D eigenvalue weighted by molar-refractivity contribution is 5.59. The molecule has 1 aromatic carbocycles. The predicted octanol–water partition coefficient (Wildman–Crippen LogP) is 2.56. The molecule has 0 saturated carbocycles. The lowest BCUT2D eigenvalue weighted by Crippen LogP contribution is -1.95. The first-order chi connectivity index (χ1) is 7.90. The molecule has 1 N–H and O–H groups in total. The van der Waals surface area contributed by atoms with Crippen LogP contribution >= 0.6 is 0 Å². The fourth-order valence-electron chi connectivity index (χ4n) is 1.29. The second kappa shape index (κ2) is 5.02. The maximum atomic E-state index is 4.12. The van der Waals surface area contributed by atoms with E-state index in [0.29, 0.717) is 5.82 Å². The van der Waals surface area contributed by atoms with Crippen molar-refractivity contribution in [2.45, 2.75) is 6.92 Å². The molecule has 4 nitrogen and oxygen atoms in total. The molecule has 0 amide bonds. The minimum absolute atomic E-state index is 0.637. The number of benzene rings is 1. The van der Waals surface area contributed by atoms with Gasteiger partial charge in [0.2, 0.25) is 0 Å². The van der Waals surface area contributed by atoms with Crippen molar-refractivity contribution >= 4 is 12.0 Å². The van der Waals surface area contributed by atoms with Gasteiger partial charge in [-0.3, -0.25) is 5.43 Å². The summed E-state index contributed by atoms with van der Waals surface area (Å²) < 4.78 is 0. The second-order valence-electron chi connectivity index (χ2n) is 3.17. The average Bonchev–Trinajstić information content (AvgIpc) is 2.38. The van der Waals surface area contributed by atoms with Crippen LogP contribution in [0.2, 0.25) is 0 Å². The summed E-state index contributed by atoms with van der Waals surface area (Å²) in [5.74, 6) is 0.637. The van der Waals surface area contributed by atoms with Gasteiger partial charge < -0.3 is 0 Å². The van der Waals surface area contributed by atoms with Crippen LogP contribution in [0, 0.1) is 0 Å². The van der Waals surface area contributed by atoms with E-state index in [1.54, 1.807) is 6.21 Å². The highest BCUT2D eigenvalue weighted by Gasteiger charge is 1.98. The number of hydrogen-bond donors (Lipinski definition) is 1. The van der Waals surface area contributed by atoms with Gasteiger partial charge in [-0.15, -0.1) is 10.2 Å². The molecule has 0 saturated heterocycles. The average molecular weight is 212 g/mol. The monoisotopic (exact) mass is 212 g/mol. The predicted molar refractivity (Wildman–Crippen MR) is 65.3 cm³/mol. The van der Waals surface area contributed by atoms with Crippen LogP contribution < -0.4 is 5.43 Å². The molecule has 0 unspecified atom stereocenters. The fraction of sp³-hybridized carbons (Fsp3) is 0.0833. The van der Waals surface area contributed by atoms with E-state index in [4.69, 9.17) is 0 Å². The minimum atomic E-state index is 0.637. The molecule has 0 atom stereocenters. The zero-order chi connectivity index (χ0) is 11.2. The van der Waals surface area contributed by atoms with Gasteiger partial charge in [-0.1, -0.05) is 30.3 Å². The molecule has 0 aliphatic carbocycles. The highest BCUT2D eigenvalue weighted by atomic mass is 15.3. The standard InChI is InChI=1S/C12H12N4/c1-2-13-15-12-9-8-11(14-16-12)10-6-4-3-5-7-10/h2-9H,1H3,(H,15,16)/b13-2+. The van der Waals surface area contributed by atoms with Crippen molar-refractivity contribution < 1.29 is 0 Å². The largest absolute Gasteiger partial charge is 0.260 e. The van der Waals surface area contributed by atoms with Gasteiger partial charge >= 0.3 is 0 Å². The number of hydrazone groups is 1. The normalized spacial score (nSPS) is 10.6. The van der Waals surface area contributed by atoms with Crippen molar-refractivity contribution in [1.29, 1.82) is 0 Å². The molecular weight excluding hydrogens is 200 g/mol. The Morgan fingerprint density at radius 1 is 1.06 bits per heavy atom. The molecule has 80 valence electrons. The Balaban J connectivity index is 2.20. The summed E-state index contributed by atoms with van der Waals surface area (Å²) in [6.45, 7) is 1.83. The third-order valence-electron chi connectivity index (χ3n) is 2.04. The highest BCUT2D eigenvalue weighted by Crippen LogP contribution is 2.15. The number of anilines is 1. The molecule has 0 aliphatic heterocycles. The molecule has 2 rings (SSSR count). The lowest BCUT2D eigenvalue weighted by molar-refractivity contribution is 1.03. The zero-order valence-electron chi connectivity index (χ0n) is 8.96. The molecule has 0 radical (unpaired) electrons. The summed E-state index contributed by atoms with van der Waals surface area (Å²) in [4.78, 5) is 0. The van der Waals surface area contributed by atoms with Crippen molar-refractivity contribution in [3.63, 3.8) is 0 Å². The number of nitrogens with one attached hydrogen (secondary N) is 1. The van der Waals surface area contributed by atoms with E-state index in [0.717, 1.165) is 11.3 Å². The van der Waals surface area contributed by atoms with Gasteiger partial charge in [-0.2, -0.15) is 5.10 Å². The van der Waals surface area contributed by atoms with Crippen molar-refractivity contribution in [1.82, 2.24) is 10.2 Å². The number of aromatic nitrogens is 2. The maximum absolute atomic E-state index is 4.12. The molecule has 16 heavy (non-hydrogen) atoms. The van der Waals surface area contributed by atoms with E-state index in [2.05, 4.69) is 20.7 Å². The van der Waals surface area contributed by atoms with Gasteiger partial charge in [0.15, 0.2) is 5.82 Å². The van der Waals surface area contributed by atoms with Gasteiger partial charge in [0.1, 0.15) is 0 Å². The minimum Gasteiger partial charge on any atom is -0.260 e. The lowest BCUT2D eigenvalue weighted by atomic mass is 10.1. The number of nitrogens with zero attached hydrogens (tertiary/aromatic N) is 3. The topological polar surface area (TPSA) is 50.2 Å². The number of rotatable bonds is 3. The van der Waals surface area contributed by atoms with Crippen LogP contribution in [0.4, 0.5) is 5.82 Å². The molecular formula is C12H12N4. The van der Waals surface area contributed by atoms with Crippen LogP contribution in [0.15, 0.2) is 47.6 Å². The summed E-state index contributed by atoms with van der Waals surface area (Å²) in [5.41, 5.74) is 4.68. The van der Waals surface area contributed by atoms with Gasteiger partial charge in [-0.25, -0.2) is 0 Å². The molecule has 1 aromatic heterocycles. The van der Waals surface area contributed by atoms with Gasteiger partial charge in [0.05, 0.1) is 5.69 Å². The fourth-order valence-corrected chi connectivity index (χ4v) is 1.29. The van der Waals surface area contributed by atoms with E-state index >= 15 is 0 Å². The SMILES string of the molecule is C/C=N/Nc1ccc(-c2ccccc2)nn1. The quantitative estimate of drug-likeness (QED) is 0.628. The van der Waals surface area contributed by atoms with Crippen molar-refractivity contribution in [3.8, 4) is 11.3 Å². The smallest absolute Gasteiger partial charge is 0.168 e. The number of hydrogen-bond acceptors (Lipinski definition) is 4. The summed E-state index contributed by atoms with van der Waals surface area (Å²) >= 11 is 0. The van der Waals surface area contributed by atoms with Crippen molar-refractivity contribution in [2.75, 3.05) is 5.43 Å². The van der Waals surface area contributed by atoms with Crippen LogP contribution in [0.5, 0.6) is 0 Å². The van der Waals surface area contributed by atoms with Crippen molar-refractivity contribution in [3.05, 3.63) is 42.5 Å². The van der Waals surface area contributed by atoms with E-state index in [-0.39, 0.29) is 0 Å². The Morgan fingerprint density at radius 2 is 1.88 bits per heavy atom. The van der Waals surface area contributed by atoms with Gasteiger partial charge in [0.25, 0.3) is 0 Å². The molecule has 2 aromatic rings. The van der Waals surface area contributed by atoms with Crippen LogP contribution in [-0.2, 0) is 0 Å². The Bertz CT molecular complexity index is 462. The Morgan fingerprint density at radius 3 is 2.50 bits per heavy atom. The third-order valence-corrected chi connectivity index (χ3v) is 2.04. The van der Waals surface area contributed by atoms with Crippen LogP contribution in [0.25, 0.3) is 11.3 Å². The van der Waals surface area contributed by atoms with E-state index in [9.17, 15) is 0 Å². The molecule has 0 aliphatic rings. The molecule has 1 heterocycles. The summed E-state index contributed by atoms with van der Waals surface area (Å²) in [5, 5.41) is 12.0. The first-order valence-corrected chi connectivity index (χ1v) is 5.03.